The van der Waals surface area contributed by atoms with Crippen LogP contribution in [-0.2, 0) is 6.54 Å². The van der Waals surface area contributed by atoms with E-state index < -0.39 is 0 Å². The van der Waals surface area contributed by atoms with Crippen molar-refractivity contribution in [3.63, 3.8) is 0 Å². The van der Waals surface area contributed by atoms with E-state index in [1.54, 1.807) is 14.2 Å². The Morgan fingerprint density at radius 1 is 1.19 bits per heavy atom. The Labute approximate surface area is 99.5 Å². The monoisotopic (exact) mass is 239 g/mol. The molecule has 1 aromatic heterocycles. The summed E-state index contributed by atoms with van der Waals surface area (Å²) >= 11 is 5.75. The van der Waals surface area contributed by atoms with Gasteiger partial charge in [0.1, 0.15) is 0 Å². The number of aryl methyl sites for hydroxylation is 1. The minimum atomic E-state index is 0.595. The fourth-order valence-electron chi connectivity index (χ4n) is 1.80. The number of fused-ring (bicyclic) bond motifs is 1. The van der Waals surface area contributed by atoms with Crippen LogP contribution in [0.15, 0.2) is 24.4 Å². The van der Waals surface area contributed by atoms with Crippen molar-refractivity contribution in [3.05, 3.63) is 24.4 Å². The lowest BCUT2D eigenvalue weighted by atomic mass is 10.2. The van der Waals surface area contributed by atoms with E-state index in [0.717, 1.165) is 28.9 Å². The summed E-state index contributed by atoms with van der Waals surface area (Å²) in [6, 6.07) is 5.99. The molecule has 0 radical (unpaired) electrons. The van der Waals surface area contributed by atoms with Crippen molar-refractivity contribution < 1.29 is 9.47 Å². The molecule has 1 heterocycles. The second kappa shape index (κ2) is 4.66. The molecule has 86 valence electrons. The van der Waals surface area contributed by atoms with Gasteiger partial charge in [-0.1, -0.05) is 0 Å². The summed E-state index contributed by atoms with van der Waals surface area (Å²) in [5, 5.41) is 1.13. The van der Waals surface area contributed by atoms with E-state index in [1.165, 1.54) is 0 Å². The number of ether oxygens (including phenoxy) is 2. The quantitative estimate of drug-likeness (QED) is 0.766. The number of alkyl halides is 1. The van der Waals surface area contributed by atoms with Crippen molar-refractivity contribution in [2.45, 2.75) is 6.54 Å². The molecule has 0 amide bonds. The second-order valence-corrected chi connectivity index (χ2v) is 3.84. The third-order valence-electron chi connectivity index (χ3n) is 2.60. The van der Waals surface area contributed by atoms with E-state index in [2.05, 4.69) is 4.57 Å². The first-order chi connectivity index (χ1) is 7.80. The van der Waals surface area contributed by atoms with Crippen LogP contribution in [0.3, 0.4) is 0 Å². The van der Waals surface area contributed by atoms with E-state index >= 15 is 0 Å². The van der Waals surface area contributed by atoms with E-state index in [9.17, 15) is 0 Å². The Morgan fingerprint density at radius 2 is 1.88 bits per heavy atom. The molecule has 16 heavy (non-hydrogen) atoms. The molecular weight excluding hydrogens is 226 g/mol. The number of nitrogens with zero attached hydrogens (tertiary/aromatic N) is 1. The van der Waals surface area contributed by atoms with Gasteiger partial charge in [0.25, 0.3) is 0 Å². The Hall–Kier alpha value is -1.35. The Morgan fingerprint density at radius 3 is 2.50 bits per heavy atom. The van der Waals surface area contributed by atoms with E-state index in [4.69, 9.17) is 21.1 Å². The summed E-state index contributed by atoms with van der Waals surface area (Å²) in [7, 11) is 3.28. The van der Waals surface area contributed by atoms with Crippen LogP contribution in [0.1, 0.15) is 0 Å². The van der Waals surface area contributed by atoms with Crippen molar-refractivity contribution in [2.24, 2.45) is 0 Å². The second-order valence-electron chi connectivity index (χ2n) is 3.46. The molecule has 0 saturated heterocycles. The summed E-state index contributed by atoms with van der Waals surface area (Å²) < 4.78 is 12.6. The number of methoxy groups -OCH3 is 2. The Kier molecular flexibility index (Phi) is 3.25. The first-order valence-electron chi connectivity index (χ1n) is 5.07. The molecule has 0 spiro atoms. The highest BCUT2D eigenvalue weighted by molar-refractivity contribution is 6.17. The zero-order valence-electron chi connectivity index (χ0n) is 9.37. The number of hydrogen-bond acceptors (Lipinski definition) is 2. The molecule has 0 aliphatic heterocycles. The SMILES string of the molecule is COc1cc2ccn(CCCl)c2cc1OC. The first-order valence-corrected chi connectivity index (χ1v) is 5.60. The molecule has 4 heteroatoms. The number of benzene rings is 1. The summed E-state index contributed by atoms with van der Waals surface area (Å²) in [5.74, 6) is 2.08. The van der Waals surface area contributed by atoms with Crippen LogP contribution in [0.25, 0.3) is 10.9 Å². The molecule has 0 N–H and O–H groups in total. The molecule has 1 aromatic carbocycles. The van der Waals surface area contributed by atoms with Crippen LogP contribution in [0.5, 0.6) is 11.5 Å². The predicted molar refractivity (Wildman–Crippen MR) is 65.8 cm³/mol. The smallest absolute Gasteiger partial charge is 0.162 e. The summed E-state index contributed by atoms with van der Waals surface area (Å²) in [6.07, 6.45) is 2.02. The molecule has 0 bridgehead atoms. The zero-order valence-corrected chi connectivity index (χ0v) is 10.1. The third kappa shape index (κ3) is 1.83. The van der Waals surface area contributed by atoms with Crippen LogP contribution >= 0.6 is 11.6 Å². The van der Waals surface area contributed by atoms with Gasteiger partial charge >= 0.3 is 0 Å². The van der Waals surface area contributed by atoms with Gasteiger partial charge in [-0.2, -0.15) is 0 Å². The highest BCUT2D eigenvalue weighted by atomic mass is 35.5. The lowest BCUT2D eigenvalue weighted by Crippen LogP contribution is -1.97. The molecular formula is C12H14ClNO2. The van der Waals surface area contributed by atoms with Gasteiger partial charge in [0.15, 0.2) is 11.5 Å². The highest BCUT2D eigenvalue weighted by Crippen LogP contribution is 2.32. The maximum absolute atomic E-state index is 5.75. The van der Waals surface area contributed by atoms with Crippen LogP contribution in [0, 0.1) is 0 Å². The largest absolute Gasteiger partial charge is 0.493 e. The van der Waals surface area contributed by atoms with Gasteiger partial charge in [-0.15, -0.1) is 11.6 Å². The standard InChI is InChI=1S/C12H14ClNO2/c1-15-11-7-9-3-5-14(6-4-13)10(9)8-12(11)16-2/h3,5,7-8H,4,6H2,1-2H3. The van der Waals surface area contributed by atoms with E-state index in [-0.39, 0.29) is 0 Å². The Balaban J connectivity index is 2.57. The van der Waals surface area contributed by atoms with Gasteiger partial charge in [0.05, 0.1) is 19.7 Å². The molecule has 0 atom stereocenters. The van der Waals surface area contributed by atoms with Gasteiger partial charge in [0.2, 0.25) is 0 Å². The number of halogens is 1. The van der Waals surface area contributed by atoms with E-state index in [1.807, 2.05) is 24.4 Å². The molecule has 0 unspecified atom stereocenters. The molecule has 2 aromatic rings. The minimum Gasteiger partial charge on any atom is -0.493 e. The van der Waals surface area contributed by atoms with Crippen LogP contribution in [-0.4, -0.2) is 24.7 Å². The maximum atomic E-state index is 5.75. The van der Waals surface area contributed by atoms with E-state index in [0.29, 0.717) is 5.88 Å². The maximum Gasteiger partial charge on any atom is 0.162 e. The molecule has 0 fully saturated rings. The van der Waals surface area contributed by atoms with Gasteiger partial charge in [-0.3, -0.25) is 0 Å². The fraction of sp³-hybridized carbons (Fsp3) is 0.333. The molecule has 2 rings (SSSR count). The fourth-order valence-corrected chi connectivity index (χ4v) is 1.98. The zero-order chi connectivity index (χ0) is 11.5. The van der Waals surface area contributed by atoms with Crippen molar-refractivity contribution >= 4 is 22.5 Å². The third-order valence-corrected chi connectivity index (χ3v) is 2.77. The van der Waals surface area contributed by atoms with Gasteiger partial charge in [0, 0.05) is 30.1 Å². The molecule has 0 aliphatic carbocycles. The van der Waals surface area contributed by atoms with Crippen molar-refractivity contribution in [1.82, 2.24) is 4.57 Å². The van der Waals surface area contributed by atoms with Crippen molar-refractivity contribution in [2.75, 3.05) is 20.1 Å². The normalized spacial score (nSPS) is 10.7. The average Bonchev–Trinajstić information content (AvgIpc) is 2.70. The molecule has 0 aliphatic rings. The van der Waals surface area contributed by atoms with Crippen molar-refractivity contribution in [3.8, 4) is 11.5 Å². The number of rotatable bonds is 4. The lowest BCUT2D eigenvalue weighted by Gasteiger charge is -2.09. The van der Waals surface area contributed by atoms with Crippen LogP contribution in [0.2, 0.25) is 0 Å². The minimum absolute atomic E-state index is 0.595. The molecule has 0 saturated carbocycles. The predicted octanol–water partition coefficient (Wildman–Crippen LogP) is 2.90. The van der Waals surface area contributed by atoms with Gasteiger partial charge in [-0.05, 0) is 12.1 Å². The Bertz CT molecular complexity index is 493. The average molecular weight is 240 g/mol. The van der Waals surface area contributed by atoms with Gasteiger partial charge in [-0.25, -0.2) is 0 Å². The number of aromatic nitrogens is 1. The highest BCUT2D eigenvalue weighted by Gasteiger charge is 2.08. The summed E-state index contributed by atoms with van der Waals surface area (Å²) in [6.45, 7) is 0.792. The molecule has 3 nitrogen and oxygen atoms in total. The van der Waals surface area contributed by atoms with Crippen LogP contribution in [0.4, 0.5) is 0 Å². The van der Waals surface area contributed by atoms with Crippen LogP contribution < -0.4 is 9.47 Å². The van der Waals surface area contributed by atoms with Gasteiger partial charge < -0.3 is 14.0 Å². The summed E-state index contributed by atoms with van der Waals surface area (Å²) in [4.78, 5) is 0. The number of hydrogen-bond donors (Lipinski definition) is 0. The van der Waals surface area contributed by atoms with Crippen molar-refractivity contribution in [1.29, 1.82) is 0 Å². The first kappa shape index (κ1) is 11.1. The lowest BCUT2D eigenvalue weighted by molar-refractivity contribution is 0.355. The topological polar surface area (TPSA) is 23.4 Å². The summed E-state index contributed by atoms with van der Waals surface area (Å²) in [5.41, 5.74) is 1.11.